The van der Waals surface area contributed by atoms with E-state index in [4.69, 9.17) is 4.74 Å². The highest BCUT2D eigenvalue weighted by Crippen LogP contribution is 2.26. The van der Waals surface area contributed by atoms with Crippen molar-refractivity contribution in [2.75, 3.05) is 6.61 Å². The number of benzene rings is 1. The maximum absolute atomic E-state index is 11.7. The van der Waals surface area contributed by atoms with Crippen LogP contribution in [0.1, 0.15) is 31.9 Å². The fraction of sp³-hybridized carbons (Fsp3) is 0.462. The molecule has 17 heavy (non-hydrogen) atoms. The zero-order chi connectivity index (χ0) is 12.8. The van der Waals surface area contributed by atoms with Gasteiger partial charge in [0.05, 0.1) is 18.6 Å². The fourth-order valence-corrected chi connectivity index (χ4v) is 1.92. The number of hydrogen-bond acceptors (Lipinski definition) is 3. The first-order valence-corrected chi connectivity index (χ1v) is 6.49. The SMILES string of the molecule is CCOC(=O)C(CC)C(O)c1ccc(Br)cc1. The Morgan fingerprint density at radius 1 is 1.35 bits per heavy atom. The maximum Gasteiger partial charge on any atom is 0.311 e. The molecule has 0 aliphatic heterocycles. The lowest BCUT2D eigenvalue weighted by Gasteiger charge is -2.20. The molecule has 0 saturated heterocycles. The summed E-state index contributed by atoms with van der Waals surface area (Å²) >= 11 is 3.33. The van der Waals surface area contributed by atoms with E-state index >= 15 is 0 Å². The van der Waals surface area contributed by atoms with Gasteiger partial charge < -0.3 is 9.84 Å². The van der Waals surface area contributed by atoms with Crippen molar-refractivity contribution < 1.29 is 14.6 Å². The van der Waals surface area contributed by atoms with Crippen LogP contribution in [0.4, 0.5) is 0 Å². The van der Waals surface area contributed by atoms with Crippen molar-refractivity contribution in [1.82, 2.24) is 0 Å². The molecule has 1 aromatic carbocycles. The summed E-state index contributed by atoms with van der Waals surface area (Å²) in [7, 11) is 0. The molecule has 0 aromatic heterocycles. The maximum atomic E-state index is 11.7. The van der Waals surface area contributed by atoms with E-state index in [1.54, 1.807) is 19.1 Å². The lowest BCUT2D eigenvalue weighted by molar-refractivity contribution is -0.152. The predicted molar refractivity (Wildman–Crippen MR) is 69.5 cm³/mol. The molecule has 0 bridgehead atoms. The van der Waals surface area contributed by atoms with E-state index in [2.05, 4.69) is 15.9 Å². The van der Waals surface area contributed by atoms with Crippen LogP contribution in [0.15, 0.2) is 28.7 Å². The normalized spacial score (nSPS) is 14.1. The van der Waals surface area contributed by atoms with Gasteiger partial charge in [-0.2, -0.15) is 0 Å². The fourth-order valence-electron chi connectivity index (χ4n) is 1.66. The van der Waals surface area contributed by atoms with Gasteiger partial charge in [-0.25, -0.2) is 0 Å². The lowest BCUT2D eigenvalue weighted by atomic mass is 9.93. The summed E-state index contributed by atoms with van der Waals surface area (Å²) in [5.41, 5.74) is 0.730. The van der Waals surface area contributed by atoms with Crippen LogP contribution >= 0.6 is 15.9 Å². The quantitative estimate of drug-likeness (QED) is 0.850. The van der Waals surface area contributed by atoms with Crippen LogP contribution in [-0.2, 0) is 9.53 Å². The lowest BCUT2D eigenvalue weighted by Crippen LogP contribution is -2.24. The second-order valence-electron chi connectivity index (χ2n) is 3.76. The van der Waals surface area contributed by atoms with E-state index in [1.807, 2.05) is 19.1 Å². The molecule has 4 heteroatoms. The third-order valence-corrected chi connectivity index (χ3v) is 3.15. The zero-order valence-corrected chi connectivity index (χ0v) is 11.6. The molecule has 0 amide bonds. The Hall–Kier alpha value is -0.870. The Balaban J connectivity index is 2.81. The minimum absolute atomic E-state index is 0.336. The highest BCUT2D eigenvalue weighted by Gasteiger charge is 2.27. The number of aliphatic hydroxyl groups is 1. The average Bonchev–Trinajstić information content (AvgIpc) is 2.31. The molecular formula is C13H17BrO3. The number of aliphatic hydroxyl groups excluding tert-OH is 1. The minimum atomic E-state index is -0.813. The molecule has 0 fully saturated rings. The Kier molecular flexibility index (Phi) is 5.65. The zero-order valence-electron chi connectivity index (χ0n) is 10.0. The van der Waals surface area contributed by atoms with Crippen LogP contribution < -0.4 is 0 Å². The first kappa shape index (κ1) is 14.2. The molecule has 2 atom stereocenters. The molecule has 0 spiro atoms. The number of hydrogen-bond donors (Lipinski definition) is 1. The molecule has 0 radical (unpaired) electrons. The first-order valence-electron chi connectivity index (χ1n) is 5.70. The smallest absolute Gasteiger partial charge is 0.311 e. The molecule has 1 rings (SSSR count). The van der Waals surface area contributed by atoms with Crippen molar-refractivity contribution in [3.63, 3.8) is 0 Å². The van der Waals surface area contributed by atoms with E-state index in [1.165, 1.54) is 0 Å². The summed E-state index contributed by atoms with van der Waals surface area (Å²) < 4.78 is 5.90. The topological polar surface area (TPSA) is 46.5 Å². The van der Waals surface area contributed by atoms with Gasteiger partial charge in [-0.1, -0.05) is 35.0 Å². The highest BCUT2D eigenvalue weighted by atomic mass is 79.9. The van der Waals surface area contributed by atoms with Crippen LogP contribution in [0.2, 0.25) is 0 Å². The van der Waals surface area contributed by atoms with Crippen molar-refractivity contribution in [3.8, 4) is 0 Å². The molecule has 0 aliphatic rings. The Morgan fingerprint density at radius 3 is 2.41 bits per heavy atom. The number of carbonyl (C=O) groups excluding carboxylic acids is 1. The van der Waals surface area contributed by atoms with Crippen LogP contribution in [0.5, 0.6) is 0 Å². The molecule has 0 saturated carbocycles. The molecule has 2 unspecified atom stereocenters. The van der Waals surface area contributed by atoms with Crippen molar-refractivity contribution in [3.05, 3.63) is 34.3 Å². The van der Waals surface area contributed by atoms with Gasteiger partial charge in [-0.3, -0.25) is 4.79 Å². The van der Waals surface area contributed by atoms with E-state index in [-0.39, 0.29) is 5.97 Å². The van der Waals surface area contributed by atoms with Crippen molar-refractivity contribution in [1.29, 1.82) is 0 Å². The van der Waals surface area contributed by atoms with Gasteiger partial charge in [-0.15, -0.1) is 0 Å². The molecule has 0 aliphatic carbocycles. The Bertz CT molecular complexity index is 361. The Labute approximate surface area is 110 Å². The summed E-state index contributed by atoms with van der Waals surface area (Å²) in [5, 5.41) is 10.2. The highest BCUT2D eigenvalue weighted by molar-refractivity contribution is 9.10. The molecule has 3 nitrogen and oxygen atoms in total. The van der Waals surface area contributed by atoms with E-state index in [9.17, 15) is 9.90 Å². The first-order chi connectivity index (χ1) is 8.10. The van der Waals surface area contributed by atoms with Gasteiger partial charge in [0.2, 0.25) is 0 Å². The van der Waals surface area contributed by atoms with E-state index < -0.39 is 12.0 Å². The molecule has 1 aromatic rings. The van der Waals surface area contributed by atoms with Crippen molar-refractivity contribution in [2.45, 2.75) is 26.4 Å². The summed E-state index contributed by atoms with van der Waals surface area (Å²) in [5.74, 6) is -0.846. The van der Waals surface area contributed by atoms with Crippen LogP contribution in [0.25, 0.3) is 0 Å². The number of rotatable bonds is 5. The standard InChI is InChI=1S/C13H17BrO3/c1-3-11(13(16)17-4-2)12(15)9-5-7-10(14)8-6-9/h5-8,11-12,15H,3-4H2,1-2H3. The van der Waals surface area contributed by atoms with Crippen LogP contribution in [-0.4, -0.2) is 17.7 Å². The largest absolute Gasteiger partial charge is 0.466 e. The predicted octanol–water partition coefficient (Wildman–Crippen LogP) is 3.07. The van der Waals surface area contributed by atoms with Gasteiger partial charge in [0.15, 0.2) is 0 Å². The monoisotopic (exact) mass is 300 g/mol. The van der Waals surface area contributed by atoms with Gasteiger partial charge >= 0.3 is 5.97 Å². The van der Waals surface area contributed by atoms with Gasteiger partial charge in [0.1, 0.15) is 0 Å². The van der Waals surface area contributed by atoms with Gasteiger partial charge in [0.25, 0.3) is 0 Å². The molecule has 0 heterocycles. The minimum Gasteiger partial charge on any atom is -0.466 e. The van der Waals surface area contributed by atoms with Crippen molar-refractivity contribution in [2.24, 2.45) is 5.92 Å². The van der Waals surface area contributed by atoms with E-state index in [0.717, 1.165) is 10.0 Å². The number of esters is 1. The third-order valence-electron chi connectivity index (χ3n) is 2.62. The Morgan fingerprint density at radius 2 is 1.94 bits per heavy atom. The number of carbonyl (C=O) groups is 1. The number of halogens is 1. The third kappa shape index (κ3) is 3.82. The van der Waals surface area contributed by atoms with Crippen molar-refractivity contribution >= 4 is 21.9 Å². The van der Waals surface area contributed by atoms with Crippen LogP contribution in [0.3, 0.4) is 0 Å². The summed E-state index contributed by atoms with van der Waals surface area (Å²) in [6, 6.07) is 7.29. The number of ether oxygens (including phenoxy) is 1. The van der Waals surface area contributed by atoms with E-state index in [0.29, 0.717) is 13.0 Å². The summed E-state index contributed by atoms with van der Waals surface area (Å²) in [6.45, 7) is 3.96. The molecule has 1 N–H and O–H groups in total. The molecule has 94 valence electrons. The second kappa shape index (κ2) is 6.77. The van der Waals surface area contributed by atoms with Gasteiger partial charge in [0, 0.05) is 4.47 Å². The molecular weight excluding hydrogens is 284 g/mol. The summed E-state index contributed by atoms with van der Waals surface area (Å²) in [6.07, 6.45) is -0.261. The second-order valence-corrected chi connectivity index (χ2v) is 4.68. The van der Waals surface area contributed by atoms with Gasteiger partial charge in [-0.05, 0) is 31.0 Å². The average molecular weight is 301 g/mol. The van der Waals surface area contributed by atoms with Crippen LogP contribution in [0, 0.1) is 5.92 Å². The summed E-state index contributed by atoms with van der Waals surface area (Å²) in [4.78, 5) is 11.7.